The molecule has 0 amide bonds. The molecule has 0 saturated heterocycles. The van der Waals surface area contributed by atoms with Gasteiger partial charge in [-0.1, -0.05) is 23.7 Å². The molecular weight excluding hydrogens is 405 g/mol. The molecule has 2 aromatic rings. The highest BCUT2D eigenvalue weighted by atomic mass is 35.5. The second-order valence-corrected chi connectivity index (χ2v) is 8.42. The Morgan fingerprint density at radius 2 is 1.85 bits per heavy atom. The summed E-state index contributed by atoms with van der Waals surface area (Å²) in [6, 6.07) is 10.4. The van der Waals surface area contributed by atoms with Crippen LogP contribution in [0.4, 0.5) is 18.9 Å². The molecule has 0 saturated carbocycles. The number of nitrogens with zero attached hydrogens (tertiary/aromatic N) is 1. The summed E-state index contributed by atoms with van der Waals surface area (Å²) in [6.07, 6.45) is -4.47. The fraction of sp³-hybridized carbons (Fsp3) is 0.294. The van der Waals surface area contributed by atoms with E-state index in [1.54, 1.807) is 12.1 Å². The van der Waals surface area contributed by atoms with Gasteiger partial charge in [0.2, 0.25) is 10.0 Å². The van der Waals surface area contributed by atoms with Gasteiger partial charge in [0.05, 0.1) is 10.6 Å². The molecule has 10 heteroatoms. The van der Waals surface area contributed by atoms with E-state index in [-0.39, 0.29) is 22.9 Å². The number of rotatable bonds is 7. The van der Waals surface area contributed by atoms with E-state index in [1.807, 2.05) is 0 Å². The average Bonchev–Trinajstić information content (AvgIpc) is 2.58. The first-order valence-corrected chi connectivity index (χ1v) is 9.55. The highest BCUT2D eigenvalue weighted by molar-refractivity contribution is 7.89. The van der Waals surface area contributed by atoms with Gasteiger partial charge < -0.3 is 10.1 Å². The first-order chi connectivity index (χ1) is 12.5. The summed E-state index contributed by atoms with van der Waals surface area (Å²) in [5, 5.41) is 3.25. The lowest BCUT2D eigenvalue weighted by molar-refractivity contribution is -0.153. The smallest absolute Gasteiger partial charge is 0.422 e. The molecular formula is C17H18ClF3N2O3S. The van der Waals surface area contributed by atoms with E-state index in [0.717, 1.165) is 4.31 Å². The highest BCUT2D eigenvalue weighted by Crippen LogP contribution is 2.30. The number of nitrogens with one attached hydrogen (secondary N) is 1. The maximum atomic E-state index is 12.4. The van der Waals surface area contributed by atoms with Gasteiger partial charge >= 0.3 is 6.18 Å². The zero-order valence-corrected chi connectivity index (χ0v) is 16.1. The minimum absolute atomic E-state index is 0.00575. The molecule has 0 bridgehead atoms. The lowest BCUT2D eigenvalue weighted by atomic mass is 10.2. The number of anilines is 1. The summed E-state index contributed by atoms with van der Waals surface area (Å²) in [5.74, 6) is -0.00575. The van der Waals surface area contributed by atoms with Gasteiger partial charge in [0, 0.05) is 25.7 Å². The molecule has 27 heavy (non-hydrogen) atoms. The summed E-state index contributed by atoms with van der Waals surface area (Å²) in [4.78, 5) is 0.117. The Bertz CT molecular complexity index is 903. The largest absolute Gasteiger partial charge is 0.482 e. The zero-order chi connectivity index (χ0) is 20.2. The molecule has 2 rings (SSSR count). The SMILES string of the molecule is CN(C)S(=O)(=O)c1cccc(CNc2cc(Cl)ccc2OCC(F)(F)F)c1. The Morgan fingerprint density at radius 3 is 2.48 bits per heavy atom. The summed E-state index contributed by atoms with van der Waals surface area (Å²) in [6.45, 7) is -1.26. The maximum absolute atomic E-state index is 12.4. The fourth-order valence-corrected chi connectivity index (χ4v) is 3.29. The molecule has 0 radical (unpaired) electrons. The van der Waals surface area contributed by atoms with Gasteiger partial charge in [0.25, 0.3) is 0 Å². The second kappa shape index (κ2) is 8.37. The predicted octanol–water partition coefficient (Wildman–Crippen LogP) is 4.14. The van der Waals surface area contributed by atoms with Crippen molar-refractivity contribution in [3.8, 4) is 5.75 Å². The van der Waals surface area contributed by atoms with Crippen molar-refractivity contribution in [2.45, 2.75) is 17.6 Å². The minimum Gasteiger partial charge on any atom is -0.482 e. The summed E-state index contributed by atoms with van der Waals surface area (Å²) < 4.78 is 67.5. The molecule has 0 unspecified atom stereocenters. The van der Waals surface area contributed by atoms with E-state index >= 15 is 0 Å². The third-order valence-corrected chi connectivity index (χ3v) is 5.54. The normalized spacial score (nSPS) is 12.3. The highest BCUT2D eigenvalue weighted by Gasteiger charge is 2.28. The van der Waals surface area contributed by atoms with Crippen molar-refractivity contribution in [2.75, 3.05) is 26.0 Å². The van der Waals surface area contributed by atoms with Gasteiger partial charge in [0.15, 0.2) is 6.61 Å². The molecule has 0 atom stereocenters. The maximum Gasteiger partial charge on any atom is 0.422 e. The van der Waals surface area contributed by atoms with Gasteiger partial charge in [-0.2, -0.15) is 13.2 Å². The monoisotopic (exact) mass is 422 g/mol. The number of ether oxygens (including phenoxy) is 1. The van der Waals surface area contributed by atoms with Gasteiger partial charge in [-0.05, 0) is 35.9 Å². The van der Waals surface area contributed by atoms with Crippen LogP contribution in [0.3, 0.4) is 0 Å². The molecule has 0 heterocycles. The van der Waals surface area contributed by atoms with Crippen molar-refractivity contribution in [3.05, 3.63) is 53.1 Å². The van der Waals surface area contributed by atoms with Gasteiger partial charge in [-0.25, -0.2) is 12.7 Å². The van der Waals surface area contributed by atoms with E-state index in [0.29, 0.717) is 10.6 Å². The Hall–Kier alpha value is -1.97. The Balaban J connectivity index is 2.18. The molecule has 148 valence electrons. The van der Waals surface area contributed by atoms with Crippen LogP contribution in [0.1, 0.15) is 5.56 Å². The van der Waals surface area contributed by atoms with Crippen LogP contribution in [0.25, 0.3) is 0 Å². The van der Waals surface area contributed by atoms with Gasteiger partial charge in [-0.3, -0.25) is 0 Å². The molecule has 0 aliphatic carbocycles. The molecule has 0 aliphatic rings. The van der Waals surface area contributed by atoms with Crippen molar-refractivity contribution < 1.29 is 26.3 Å². The Morgan fingerprint density at radius 1 is 1.15 bits per heavy atom. The van der Waals surface area contributed by atoms with Gasteiger partial charge in [0.1, 0.15) is 5.75 Å². The lowest BCUT2D eigenvalue weighted by Gasteiger charge is -2.16. The van der Waals surface area contributed by atoms with Crippen LogP contribution in [-0.2, 0) is 16.6 Å². The molecule has 0 aromatic heterocycles. The third-order valence-electron chi connectivity index (χ3n) is 3.49. The number of hydrogen-bond acceptors (Lipinski definition) is 4. The first kappa shape index (κ1) is 21.3. The van der Waals surface area contributed by atoms with Crippen molar-refractivity contribution in [1.29, 1.82) is 0 Å². The first-order valence-electron chi connectivity index (χ1n) is 7.73. The standard InChI is InChI=1S/C17H18ClF3N2O3S/c1-23(2)27(24,25)14-5-3-4-12(8-14)10-22-15-9-13(18)6-7-16(15)26-11-17(19,20)21/h3-9,22H,10-11H2,1-2H3. The van der Waals surface area contributed by atoms with Crippen LogP contribution in [0.5, 0.6) is 5.75 Å². The summed E-state index contributed by atoms with van der Waals surface area (Å²) in [7, 11) is -0.733. The van der Waals surface area contributed by atoms with Crippen molar-refractivity contribution in [1.82, 2.24) is 4.31 Å². The predicted molar refractivity (Wildman–Crippen MR) is 97.6 cm³/mol. The van der Waals surface area contributed by atoms with Crippen molar-refractivity contribution in [2.24, 2.45) is 0 Å². The molecule has 0 aliphatic heterocycles. The number of sulfonamides is 1. The third kappa shape index (κ3) is 6.02. The van der Waals surface area contributed by atoms with E-state index in [2.05, 4.69) is 5.32 Å². The Kier molecular flexibility index (Phi) is 6.61. The van der Waals surface area contributed by atoms with E-state index < -0.39 is 22.8 Å². The second-order valence-electron chi connectivity index (χ2n) is 5.83. The number of alkyl halides is 3. The average molecular weight is 423 g/mol. The van der Waals surface area contributed by atoms with E-state index in [1.165, 1.54) is 44.4 Å². The Labute approximate surface area is 160 Å². The van der Waals surface area contributed by atoms with Crippen LogP contribution in [-0.4, -0.2) is 39.6 Å². The zero-order valence-electron chi connectivity index (χ0n) is 14.5. The van der Waals surface area contributed by atoms with Crippen LogP contribution in [0.2, 0.25) is 5.02 Å². The molecule has 0 spiro atoms. The number of halogens is 4. The van der Waals surface area contributed by atoms with E-state index in [9.17, 15) is 21.6 Å². The lowest BCUT2D eigenvalue weighted by Crippen LogP contribution is -2.22. The van der Waals surface area contributed by atoms with Crippen molar-refractivity contribution >= 4 is 27.3 Å². The molecule has 2 aromatic carbocycles. The van der Waals surface area contributed by atoms with Crippen LogP contribution in [0.15, 0.2) is 47.4 Å². The quantitative estimate of drug-likeness (QED) is 0.728. The van der Waals surface area contributed by atoms with Crippen LogP contribution < -0.4 is 10.1 Å². The molecule has 0 fully saturated rings. The topological polar surface area (TPSA) is 58.6 Å². The van der Waals surface area contributed by atoms with Gasteiger partial charge in [-0.15, -0.1) is 0 Å². The molecule has 5 nitrogen and oxygen atoms in total. The summed E-state index contributed by atoms with van der Waals surface area (Å²) >= 11 is 5.91. The van der Waals surface area contributed by atoms with Crippen molar-refractivity contribution in [3.63, 3.8) is 0 Å². The molecule has 1 N–H and O–H groups in total. The fourth-order valence-electron chi connectivity index (χ4n) is 2.15. The minimum atomic E-state index is -4.47. The van der Waals surface area contributed by atoms with Crippen LogP contribution >= 0.6 is 11.6 Å². The summed E-state index contributed by atoms with van der Waals surface area (Å²) in [5.41, 5.74) is 0.896. The number of hydrogen-bond donors (Lipinski definition) is 1. The number of benzene rings is 2. The van der Waals surface area contributed by atoms with Crippen LogP contribution in [0, 0.1) is 0 Å². The van der Waals surface area contributed by atoms with E-state index in [4.69, 9.17) is 16.3 Å².